The van der Waals surface area contributed by atoms with Crippen LogP contribution in [0.15, 0.2) is 12.1 Å². The molecule has 2 rings (SSSR count). The van der Waals surface area contributed by atoms with Gasteiger partial charge in [-0.2, -0.15) is 0 Å². The second kappa shape index (κ2) is 5.31. The Morgan fingerprint density at radius 1 is 1.45 bits per heavy atom. The Morgan fingerprint density at radius 3 is 2.75 bits per heavy atom. The highest BCUT2D eigenvalue weighted by atomic mass is 16.6. The molecule has 0 aliphatic carbocycles. The smallest absolute Gasteiger partial charge is 0.410 e. The number of anilines is 1. The number of likely N-dealkylation sites (tertiary alicyclic amines) is 1. The summed E-state index contributed by atoms with van der Waals surface area (Å²) in [6, 6.07) is 3.79. The summed E-state index contributed by atoms with van der Waals surface area (Å²) >= 11 is 0. The van der Waals surface area contributed by atoms with Crippen LogP contribution in [0.5, 0.6) is 0 Å². The number of hydrogen-bond donors (Lipinski definition) is 1. The summed E-state index contributed by atoms with van der Waals surface area (Å²) in [5.41, 5.74) is 7.15. The van der Waals surface area contributed by atoms with E-state index in [9.17, 15) is 4.79 Å². The molecule has 0 aromatic carbocycles. The van der Waals surface area contributed by atoms with Gasteiger partial charge in [0.1, 0.15) is 11.4 Å². The largest absolute Gasteiger partial charge is 0.444 e. The molecule has 20 heavy (non-hydrogen) atoms. The van der Waals surface area contributed by atoms with E-state index < -0.39 is 5.60 Å². The molecule has 1 atom stereocenters. The summed E-state index contributed by atoms with van der Waals surface area (Å²) in [6.45, 7) is 8.30. The number of amides is 1. The minimum absolute atomic E-state index is 0.0398. The van der Waals surface area contributed by atoms with Gasteiger partial charge < -0.3 is 15.4 Å². The van der Waals surface area contributed by atoms with E-state index in [2.05, 4.69) is 4.98 Å². The fourth-order valence-electron chi connectivity index (χ4n) is 2.57. The molecule has 2 N–H and O–H groups in total. The molecule has 1 fully saturated rings. The maximum absolute atomic E-state index is 12.3. The molecule has 1 aliphatic heterocycles. The third kappa shape index (κ3) is 3.21. The van der Waals surface area contributed by atoms with Gasteiger partial charge in [-0.05, 0) is 52.2 Å². The van der Waals surface area contributed by atoms with Crippen molar-refractivity contribution in [3.05, 3.63) is 23.4 Å². The van der Waals surface area contributed by atoms with Crippen LogP contribution in [0, 0.1) is 6.92 Å². The standard InChI is InChI=1S/C15H23N3O2/c1-10-11(7-8-13(16)17-10)12-6-5-9-18(12)14(19)20-15(2,3)4/h7-8,12H,5-6,9H2,1-4H3,(H2,16,17). The third-order valence-corrected chi connectivity index (χ3v) is 3.39. The van der Waals surface area contributed by atoms with E-state index in [-0.39, 0.29) is 12.1 Å². The van der Waals surface area contributed by atoms with Crippen LogP contribution < -0.4 is 5.73 Å². The zero-order valence-corrected chi connectivity index (χ0v) is 12.6. The Morgan fingerprint density at radius 2 is 2.15 bits per heavy atom. The topological polar surface area (TPSA) is 68.5 Å². The fraction of sp³-hybridized carbons (Fsp3) is 0.600. The van der Waals surface area contributed by atoms with Crippen LogP contribution in [-0.4, -0.2) is 28.1 Å². The first-order chi connectivity index (χ1) is 9.28. The van der Waals surface area contributed by atoms with Gasteiger partial charge in [0.2, 0.25) is 0 Å². The first kappa shape index (κ1) is 14.6. The highest BCUT2D eigenvalue weighted by Crippen LogP contribution is 2.34. The number of nitrogen functional groups attached to an aromatic ring is 1. The van der Waals surface area contributed by atoms with Crippen molar-refractivity contribution in [2.45, 2.75) is 52.2 Å². The quantitative estimate of drug-likeness (QED) is 0.856. The predicted octanol–water partition coefficient (Wildman–Crippen LogP) is 3.04. The van der Waals surface area contributed by atoms with Gasteiger partial charge >= 0.3 is 6.09 Å². The number of nitrogens with zero attached hydrogens (tertiary/aromatic N) is 2. The second-order valence-electron chi connectivity index (χ2n) is 6.24. The Kier molecular flexibility index (Phi) is 3.88. The van der Waals surface area contributed by atoms with Gasteiger partial charge in [0, 0.05) is 12.2 Å². The van der Waals surface area contributed by atoms with Gasteiger partial charge in [-0.25, -0.2) is 9.78 Å². The van der Waals surface area contributed by atoms with Crippen LogP contribution >= 0.6 is 0 Å². The lowest BCUT2D eigenvalue weighted by Crippen LogP contribution is -2.36. The average molecular weight is 277 g/mol. The van der Waals surface area contributed by atoms with Crippen LogP contribution in [-0.2, 0) is 4.74 Å². The molecule has 1 amide bonds. The summed E-state index contributed by atoms with van der Waals surface area (Å²) < 4.78 is 5.48. The lowest BCUT2D eigenvalue weighted by molar-refractivity contribution is 0.0224. The number of aromatic nitrogens is 1. The molecule has 110 valence electrons. The van der Waals surface area contributed by atoms with Gasteiger partial charge in [0.05, 0.1) is 6.04 Å². The number of aryl methyl sites for hydroxylation is 1. The molecular weight excluding hydrogens is 254 g/mol. The minimum Gasteiger partial charge on any atom is -0.444 e. The van der Waals surface area contributed by atoms with E-state index in [4.69, 9.17) is 10.5 Å². The lowest BCUT2D eigenvalue weighted by Gasteiger charge is -2.29. The molecular formula is C15H23N3O2. The van der Waals surface area contributed by atoms with Crippen molar-refractivity contribution in [1.82, 2.24) is 9.88 Å². The summed E-state index contributed by atoms with van der Waals surface area (Å²) in [4.78, 5) is 18.4. The molecule has 1 saturated heterocycles. The summed E-state index contributed by atoms with van der Waals surface area (Å²) in [5, 5.41) is 0. The van der Waals surface area contributed by atoms with Crippen LogP contribution in [0.1, 0.15) is 50.9 Å². The van der Waals surface area contributed by atoms with Gasteiger partial charge in [-0.1, -0.05) is 6.07 Å². The molecule has 0 saturated carbocycles. The zero-order chi connectivity index (χ0) is 14.9. The van der Waals surface area contributed by atoms with Crippen LogP contribution in [0.4, 0.5) is 10.6 Å². The van der Waals surface area contributed by atoms with Crippen molar-refractivity contribution >= 4 is 11.9 Å². The molecule has 5 nitrogen and oxygen atoms in total. The highest BCUT2D eigenvalue weighted by molar-refractivity contribution is 5.69. The first-order valence-corrected chi connectivity index (χ1v) is 7.00. The fourth-order valence-corrected chi connectivity index (χ4v) is 2.57. The van der Waals surface area contributed by atoms with Crippen LogP contribution in [0.2, 0.25) is 0 Å². The predicted molar refractivity (Wildman–Crippen MR) is 78.3 cm³/mol. The van der Waals surface area contributed by atoms with Crippen molar-refractivity contribution in [3.63, 3.8) is 0 Å². The normalized spacial score (nSPS) is 19.2. The van der Waals surface area contributed by atoms with Gasteiger partial charge in [0.25, 0.3) is 0 Å². The molecule has 1 aliphatic rings. The van der Waals surface area contributed by atoms with Crippen LogP contribution in [0.3, 0.4) is 0 Å². The zero-order valence-electron chi connectivity index (χ0n) is 12.6. The Balaban J connectivity index is 2.21. The highest BCUT2D eigenvalue weighted by Gasteiger charge is 2.34. The molecule has 1 aromatic rings. The van der Waals surface area contributed by atoms with Crippen molar-refractivity contribution in [3.8, 4) is 0 Å². The second-order valence-corrected chi connectivity index (χ2v) is 6.24. The molecule has 0 spiro atoms. The number of carbonyl (C=O) groups excluding carboxylic acids is 1. The molecule has 1 aromatic heterocycles. The van der Waals surface area contributed by atoms with Crippen LogP contribution in [0.25, 0.3) is 0 Å². The molecule has 0 radical (unpaired) electrons. The average Bonchev–Trinajstić information content (AvgIpc) is 2.75. The number of hydrogen-bond acceptors (Lipinski definition) is 4. The van der Waals surface area contributed by atoms with E-state index in [1.807, 2.05) is 33.8 Å². The summed E-state index contributed by atoms with van der Waals surface area (Å²) in [5.74, 6) is 0.507. The molecule has 0 bridgehead atoms. The van der Waals surface area contributed by atoms with E-state index in [1.165, 1.54) is 0 Å². The van der Waals surface area contributed by atoms with Crippen molar-refractivity contribution in [2.75, 3.05) is 12.3 Å². The molecule has 1 unspecified atom stereocenters. The Bertz CT molecular complexity index is 508. The SMILES string of the molecule is Cc1nc(N)ccc1C1CCCN1C(=O)OC(C)(C)C. The van der Waals surface area contributed by atoms with Gasteiger partial charge in [-0.3, -0.25) is 0 Å². The van der Waals surface area contributed by atoms with E-state index in [1.54, 1.807) is 11.0 Å². The number of nitrogens with two attached hydrogens (primary N) is 1. The number of rotatable bonds is 1. The molecule has 5 heteroatoms. The van der Waals surface area contributed by atoms with E-state index >= 15 is 0 Å². The first-order valence-electron chi connectivity index (χ1n) is 7.00. The maximum atomic E-state index is 12.3. The van der Waals surface area contributed by atoms with E-state index in [0.717, 1.165) is 30.6 Å². The lowest BCUT2D eigenvalue weighted by atomic mass is 10.0. The van der Waals surface area contributed by atoms with Crippen molar-refractivity contribution in [2.24, 2.45) is 0 Å². The van der Waals surface area contributed by atoms with Crippen molar-refractivity contribution in [1.29, 1.82) is 0 Å². The third-order valence-electron chi connectivity index (χ3n) is 3.39. The van der Waals surface area contributed by atoms with Gasteiger partial charge in [0.15, 0.2) is 0 Å². The maximum Gasteiger partial charge on any atom is 0.410 e. The van der Waals surface area contributed by atoms with Crippen molar-refractivity contribution < 1.29 is 9.53 Å². The number of pyridine rings is 1. The Labute approximate surface area is 120 Å². The molecule has 2 heterocycles. The number of carbonyl (C=O) groups is 1. The number of ether oxygens (including phenoxy) is 1. The Hall–Kier alpha value is -1.78. The minimum atomic E-state index is -0.474. The van der Waals surface area contributed by atoms with E-state index in [0.29, 0.717) is 5.82 Å². The summed E-state index contributed by atoms with van der Waals surface area (Å²) in [7, 11) is 0. The monoisotopic (exact) mass is 277 g/mol. The van der Waals surface area contributed by atoms with Gasteiger partial charge in [-0.15, -0.1) is 0 Å². The summed E-state index contributed by atoms with van der Waals surface area (Å²) in [6.07, 6.45) is 1.66.